The van der Waals surface area contributed by atoms with Gasteiger partial charge >= 0.3 is 12.0 Å². The van der Waals surface area contributed by atoms with Crippen molar-refractivity contribution in [3.63, 3.8) is 0 Å². The molecule has 1 atom stereocenters. The number of anilines is 1. The number of carbonyl (C=O) groups excluding carboxylic acids is 2. The van der Waals surface area contributed by atoms with Crippen molar-refractivity contribution in [2.75, 3.05) is 25.5 Å². The van der Waals surface area contributed by atoms with Gasteiger partial charge in [-0.15, -0.1) is 11.3 Å². The molecule has 1 aromatic carbocycles. The molecule has 1 aliphatic heterocycles. The van der Waals surface area contributed by atoms with E-state index in [1.54, 1.807) is 42.5 Å². The number of hydrogen-bond acceptors (Lipinski definition) is 5. The number of likely N-dealkylation sites (N-methyl/N-ethyl adjacent to an activating group) is 1. The average molecular weight is 453 g/mol. The highest BCUT2D eigenvalue weighted by molar-refractivity contribution is 7.15. The first kappa shape index (κ1) is 22.1. The Morgan fingerprint density at radius 1 is 1.22 bits per heavy atom. The molecule has 0 fully saturated rings. The number of rotatable bonds is 6. The number of amides is 2. The third kappa shape index (κ3) is 4.71. The molecule has 8 heteroatoms. The fourth-order valence-corrected chi connectivity index (χ4v) is 5.51. The second kappa shape index (κ2) is 9.58. The smallest absolute Gasteiger partial charge is 0.338 e. The van der Waals surface area contributed by atoms with Gasteiger partial charge in [0, 0.05) is 41.6 Å². The van der Waals surface area contributed by atoms with E-state index < -0.39 is 5.97 Å². The molecule has 3 aromatic rings. The summed E-state index contributed by atoms with van der Waals surface area (Å²) in [5, 5.41) is 7.07. The van der Waals surface area contributed by atoms with Gasteiger partial charge in [0.25, 0.3) is 0 Å². The van der Waals surface area contributed by atoms with Gasteiger partial charge in [-0.2, -0.15) is 0 Å². The first-order valence-electron chi connectivity index (χ1n) is 10.8. The number of fused-ring (bicyclic) bond motifs is 1. The molecule has 0 aliphatic carbocycles. The summed E-state index contributed by atoms with van der Waals surface area (Å²) in [7, 11) is 2.14. The van der Waals surface area contributed by atoms with Crippen LogP contribution in [-0.4, -0.2) is 41.7 Å². The zero-order valence-corrected chi connectivity index (χ0v) is 19.4. The Kier molecular flexibility index (Phi) is 6.62. The summed E-state index contributed by atoms with van der Waals surface area (Å²) in [4.78, 5) is 28.4. The molecule has 32 heavy (non-hydrogen) atoms. The number of hydrogen-bond donors (Lipinski definition) is 2. The van der Waals surface area contributed by atoms with Crippen molar-refractivity contribution < 1.29 is 14.3 Å². The Morgan fingerprint density at radius 3 is 2.75 bits per heavy atom. The van der Waals surface area contributed by atoms with E-state index in [1.807, 2.05) is 31.5 Å². The second-order valence-electron chi connectivity index (χ2n) is 7.92. The Balaban J connectivity index is 1.53. The minimum Gasteiger partial charge on any atom is -0.462 e. The van der Waals surface area contributed by atoms with E-state index in [0.29, 0.717) is 17.9 Å². The minimum absolute atomic E-state index is 0.177. The lowest BCUT2D eigenvalue weighted by Gasteiger charge is -2.24. The maximum Gasteiger partial charge on any atom is 0.338 e. The second-order valence-corrected chi connectivity index (χ2v) is 9.01. The number of benzene rings is 1. The largest absolute Gasteiger partial charge is 0.462 e. The highest BCUT2D eigenvalue weighted by Gasteiger charge is 2.27. The lowest BCUT2D eigenvalue weighted by atomic mass is 9.98. The highest BCUT2D eigenvalue weighted by atomic mass is 32.1. The van der Waals surface area contributed by atoms with Crippen molar-refractivity contribution in [1.29, 1.82) is 0 Å². The van der Waals surface area contributed by atoms with Crippen molar-refractivity contribution in [3.8, 4) is 5.00 Å². The van der Waals surface area contributed by atoms with Gasteiger partial charge in [-0.25, -0.2) is 9.59 Å². The lowest BCUT2D eigenvalue weighted by molar-refractivity contribution is 0.0526. The summed E-state index contributed by atoms with van der Waals surface area (Å²) >= 11 is 1.79. The maximum absolute atomic E-state index is 12.8. The number of ether oxygens (including phenoxy) is 1. The molecular formula is C24H28N4O3S. The van der Waals surface area contributed by atoms with Crippen molar-refractivity contribution in [2.45, 2.75) is 32.9 Å². The van der Waals surface area contributed by atoms with Crippen LogP contribution < -0.4 is 10.6 Å². The number of thiophene rings is 1. The summed E-state index contributed by atoms with van der Waals surface area (Å²) in [6.07, 6.45) is 5.05. The van der Waals surface area contributed by atoms with Crippen LogP contribution >= 0.6 is 11.3 Å². The van der Waals surface area contributed by atoms with Crippen LogP contribution in [0.3, 0.4) is 0 Å². The van der Waals surface area contributed by atoms with Crippen molar-refractivity contribution in [1.82, 2.24) is 14.8 Å². The standard InChI is InChI=1S/C24H28N4O3S/c1-4-31-23(29)17-8-7-9-18(14-17)26-24(30)25-16(2)21-19-10-13-27(3)15-20(19)32-22(21)28-11-5-6-12-28/h5-9,11-12,14,16H,4,10,13,15H2,1-3H3,(H2,25,26,30)/t16-/m0/s1. The van der Waals surface area contributed by atoms with Crippen LogP contribution in [0, 0.1) is 0 Å². The van der Waals surface area contributed by atoms with Crippen LogP contribution in [0.5, 0.6) is 0 Å². The molecule has 7 nitrogen and oxygen atoms in total. The van der Waals surface area contributed by atoms with Gasteiger partial charge < -0.3 is 24.8 Å². The Labute approximate surface area is 192 Å². The van der Waals surface area contributed by atoms with E-state index in [9.17, 15) is 9.59 Å². The third-order valence-electron chi connectivity index (χ3n) is 5.52. The van der Waals surface area contributed by atoms with Gasteiger partial charge in [-0.1, -0.05) is 6.07 Å². The molecule has 1 aliphatic rings. The molecule has 0 radical (unpaired) electrons. The zero-order valence-electron chi connectivity index (χ0n) is 18.6. The van der Waals surface area contributed by atoms with Gasteiger partial charge in [-0.05, 0) is 63.2 Å². The van der Waals surface area contributed by atoms with Gasteiger partial charge in [0.2, 0.25) is 0 Å². The van der Waals surface area contributed by atoms with E-state index >= 15 is 0 Å². The highest BCUT2D eigenvalue weighted by Crippen LogP contribution is 2.39. The molecule has 3 heterocycles. The zero-order chi connectivity index (χ0) is 22.7. The molecule has 0 bridgehead atoms. The molecule has 0 unspecified atom stereocenters. The van der Waals surface area contributed by atoms with E-state index in [-0.39, 0.29) is 12.1 Å². The summed E-state index contributed by atoms with van der Waals surface area (Å²) in [6, 6.07) is 10.3. The van der Waals surface area contributed by atoms with E-state index in [0.717, 1.165) is 24.5 Å². The predicted molar refractivity (Wildman–Crippen MR) is 127 cm³/mol. The summed E-state index contributed by atoms with van der Waals surface area (Å²) in [6.45, 7) is 6.01. The number of carbonyl (C=O) groups is 2. The fraction of sp³-hybridized carbons (Fsp3) is 0.333. The number of nitrogens with one attached hydrogen (secondary N) is 2. The Morgan fingerprint density at radius 2 is 2.00 bits per heavy atom. The molecule has 2 N–H and O–H groups in total. The SMILES string of the molecule is CCOC(=O)c1cccc(NC(=O)N[C@@H](C)c2c(-n3cccc3)sc3c2CCN(C)C3)c1. The normalized spacial score (nSPS) is 14.5. The molecule has 0 saturated carbocycles. The van der Waals surface area contributed by atoms with Gasteiger partial charge in [0.1, 0.15) is 5.00 Å². The fourth-order valence-electron chi connectivity index (χ4n) is 4.02. The Bertz CT molecular complexity index is 1110. The minimum atomic E-state index is -0.406. The van der Waals surface area contributed by atoms with Crippen LogP contribution in [0.25, 0.3) is 5.00 Å². The van der Waals surface area contributed by atoms with Gasteiger partial charge in [-0.3, -0.25) is 0 Å². The van der Waals surface area contributed by atoms with Crippen molar-refractivity contribution in [2.24, 2.45) is 0 Å². The topological polar surface area (TPSA) is 75.6 Å². The third-order valence-corrected chi connectivity index (χ3v) is 6.77. The average Bonchev–Trinajstić information content (AvgIpc) is 3.41. The van der Waals surface area contributed by atoms with Crippen LogP contribution in [0.15, 0.2) is 48.8 Å². The molecule has 168 valence electrons. The molecule has 2 amide bonds. The van der Waals surface area contributed by atoms with Crippen LogP contribution in [0.4, 0.5) is 10.5 Å². The molecule has 0 saturated heterocycles. The lowest BCUT2D eigenvalue weighted by Crippen LogP contribution is -2.33. The predicted octanol–water partition coefficient (Wildman–Crippen LogP) is 4.59. The first-order valence-corrected chi connectivity index (χ1v) is 11.6. The monoisotopic (exact) mass is 452 g/mol. The summed E-state index contributed by atoms with van der Waals surface area (Å²) in [5.41, 5.74) is 3.46. The number of urea groups is 1. The number of aromatic nitrogens is 1. The first-order chi connectivity index (χ1) is 15.5. The van der Waals surface area contributed by atoms with Crippen LogP contribution in [0.1, 0.15) is 46.3 Å². The van der Waals surface area contributed by atoms with Crippen molar-refractivity contribution in [3.05, 3.63) is 70.4 Å². The number of nitrogens with zero attached hydrogens (tertiary/aromatic N) is 2. The summed E-state index contributed by atoms with van der Waals surface area (Å²) < 4.78 is 7.16. The Hall–Kier alpha value is -3.10. The van der Waals surface area contributed by atoms with E-state index in [2.05, 4.69) is 27.1 Å². The number of esters is 1. The molecule has 0 spiro atoms. The van der Waals surface area contributed by atoms with Gasteiger partial charge in [0.05, 0.1) is 18.2 Å². The van der Waals surface area contributed by atoms with E-state index in [4.69, 9.17) is 4.74 Å². The quantitative estimate of drug-likeness (QED) is 0.537. The molecular weight excluding hydrogens is 424 g/mol. The van der Waals surface area contributed by atoms with Crippen LogP contribution in [0.2, 0.25) is 0 Å². The summed E-state index contributed by atoms with van der Waals surface area (Å²) in [5.74, 6) is -0.406. The van der Waals surface area contributed by atoms with E-state index in [1.165, 1.54) is 16.0 Å². The molecule has 4 rings (SSSR count). The maximum atomic E-state index is 12.8. The van der Waals surface area contributed by atoms with Gasteiger partial charge in [0.15, 0.2) is 0 Å². The van der Waals surface area contributed by atoms with Crippen LogP contribution in [-0.2, 0) is 17.7 Å². The van der Waals surface area contributed by atoms with Crippen molar-refractivity contribution >= 4 is 29.0 Å². The molecule has 2 aromatic heterocycles.